The fourth-order valence-electron chi connectivity index (χ4n) is 4.56. The van der Waals surface area contributed by atoms with Crippen molar-refractivity contribution in [2.45, 2.75) is 31.6 Å². The number of rotatable bonds is 5. The molecule has 0 saturated carbocycles. The van der Waals surface area contributed by atoms with Gasteiger partial charge in [0.05, 0.1) is 23.1 Å². The summed E-state index contributed by atoms with van der Waals surface area (Å²) in [6.45, 7) is 7.19. The molecule has 0 unspecified atom stereocenters. The third-order valence-corrected chi connectivity index (χ3v) is 8.36. The number of amides is 1. The second kappa shape index (κ2) is 8.94. The molecular formula is C25H28N6O3S. The first kappa shape index (κ1) is 23.3. The van der Waals surface area contributed by atoms with E-state index < -0.39 is 10.0 Å². The van der Waals surface area contributed by atoms with Gasteiger partial charge in [-0.25, -0.2) is 18.1 Å². The lowest BCUT2D eigenvalue weighted by Crippen LogP contribution is -2.50. The summed E-state index contributed by atoms with van der Waals surface area (Å²) in [5, 5.41) is 5.09. The van der Waals surface area contributed by atoms with E-state index in [4.69, 9.17) is 0 Å². The molecule has 1 aliphatic heterocycles. The van der Waals surface area contributed by atoms with Crippen molar-refractivity contribution < 1.29 is 13.2 Å². The summed E-state index contributed by atoms with van der Waals surface area (Å²) in [4.78, 5) is 22.5. The molecule has 3 aromatic heterocycles. The number of aryl methyl sites for hydroxylation is 1. The highest BCUT2D eigenvalue weighted by Crippen LogP contribution is 2.27. The maximum Gasteiger partial charge on any atom is 0.257 e. The average molecular weight is 493 g/mol. The predicted octanol–water partition coefficient (Wildman–Crippen LogP) is 3.33. The number of fused-ring (bicyclic) bond motifs is 1. The molecule has 0 bridgehead atoms. The number of sulfonamides is 1. The Hall–Kier alpha value is -3.50. The SMILES string of the molecule is Cc1ccc(-n2ncc(C(=O)N3CCN(S(=O)(=O)c4c[nH]c5ncccc45)CC3)c2C(C)C)cc1. The molecule has 10 heteroatoms. The third-order valence-electron chi connectivity index (χ3n) is 6.42. The standard InChI is InChI=1S/C25H28N6O3S/c1-17(2)23-21(15-28-31(23)19-8-6-18(3)7-9-19)25(32)29-11-13-30(14-12-29)35(33,34)22-16-27-24-20(22)5-4-10-26-24/h4-10,15-17H,11-14H2,1-3H3,(H,26,27). The van der Waals surface area contributed by atoms with Gasteiger partial charge in [-0.15, -0.1) is 0 Å². The van der Waals surface area contributed by atoms with Gasteiger partial charge in [0.2, 0.25) is 10.0 Å². The van der Waals surface area contributed by atoms with Crippen LogP contribution in [0.5, 0.6) is 0 Å². The zero-order valence-electron chi connectivity index (χ0n) is 20.0. The number of hydrogen-bond acceptors (Lipinski definition) is 5. The molecule has 1 aliphatic rings. The molecule has 1 N–H and O–H groups in total. The third kappa shape index (κ3) is 4.12. The van der Waals surface area contributed by atoms with Gasteiger partial charge in [0.1, 0.15) is 10.5 Å². The highest BCUT2D eigenvalue weighted by Gasteiger charge is 2.33. The fourth-order valence-corrected chi connectivity index (χ4v) is 6.13. The lowest BCUT2D eigenvalue weighted by molar-refractivity contribution is 0.0696. The van der Waals surface area contributed by atoms with Gasteiger partial charge in [-0.2, -0.15) is 9.40 Å². The summed E-state index contributed by atoms with van der Waals surface area (Å²) in [6, 6.07) is 11.5. The Balaban J connectivity index is 1.35. The molecule has 9 nitrogen and oxygen atoms in total. The molecule has 4 aromatic rings. The van der Waals surface area contributed by atoms with Crippen molar-refractivity contribution in [2.75, 3.05) is 26.2 Å². The van der Waals surface area contributed by atoms with Crippen LogP contribution in [-0.4, -0.2) is 69.5 Å². The van der Waals surface area contributed by atoms with E-state index in [1.807, 2.05) is 49.7 Å². The number of benzene rings is 1. The van der Waals surface area contributed by atoms with Gasteiger partial charge < -0.3 is 9.88 Å². The zero-order valence-corrected chi connectivity index (χ0v) is 20.8. The van der Waals surface area contributed by atoms with Gasteiger partial charge in [0.25, 0.3) is 5.91 Å². The summed E-state index contributed by atoms with van der Waals surface area (Å²) in [5.41, 5.74) is 3.99. The number of H-pyrrole nitrogens is 1. The first-order chi connectivity index (χ1) is 16.8. The van der Waals surface area contributed by atoms with E-state index in [0.717, 1.165) is 16.9 Å². The van der Waals surface area contributed by atoms with Crippen LogP contribution in [0.25, 0.3) is 16.7 Å². The normalized spacial score (nSPS) is 15.3. The number of pyridine rings is 1. The molecular weight excluding hydrogens is 464 g/mol. The van der Waals surface area contributed by atoms with E-state index >= 15 is 0 Å². The largest absolute Gasteiger partial charge is 0.345 e. The smallest absolute Gasteiger partial charge is 0.257 e. The van der Waals surface area contributed by atoms with Gasteiger partial charge in [-0.3, -0.25) is 4.79 Å². The second-order valence-electron chi connectivity index (χ2n) is 9.09. The van der Waals surface area contributed by atoms with Crippen LogP contribution in [0.15, 0.2) is 59.9 Å². The summed E-state index contributed by atoms with van der Waals surface area (Å²) in [7, 11) is -3.71. The molecule has 1 amide bonds. The molecule has 5 rings (SSSR count). The van der Waals surface area contributed by atoms with Crippen molar-refractivity contribution >= 4 is 27.0 Å². The topological polar surface area (TPSA) is 104 Å². The van der Waals surface area contributed by atoms with Gasteiger partial charge >= 0.3 is 0 Å². The number of piperazine rings is 1. The molecule has 182 valence electrons. The maximum absolute atomic E-state index is 13.5. The number of nitrogens with one attached hydrogen (secondary N) is 1. The van der Waals surface area contributed by atoms with Crippen molar-refractivity contribution in [1.29, 1.82) is 0 Å². The molecule has 4 heterocycles. The van der Waals surface area contributed by atoms with Gasteiger partial charge in [-0.05, 0) is 37.1 Å². The minimum atomic E-state index is -3.71. The second-order valence-corrected chi connectivity index (χ2v) is 11.0. The number of carbonyl (C=O) groups excluding carboxylic acids is 1. The predicted molar refractivity (Wildman–Crippen MR) is 133 cm³/mol. The van der Waals surface area contributed by atoms with Gasteiger partial charge in [0, 0.05) is 44.0 Å². The molecule has 1 saturated heterocycles. The molecule has 35 heavy (non-hydrogen) atoms. The number of carbonyl (C=O) groups is 1. The van der Waals surface area contributed by atoms with Crippen LogP contribution in [0.1, 0.15) is 41.4 Å². The Morgan fingerprint density at radius 3 is 2.46 bits per heavy atom. The fraction of sp³-hybridized carbons (Fsp3) is 0.320. The van der Waals surface area contributed by atoms with E-state index in [1.54, 1.807) is 29.4 Å². The Labute approximate surface area is 204 Å². The Kier molecular flexibility index (Phi) is 5.94. The first-order valence-electron chi connectivity index (χ1n) is 11.6. The van der Waals surface area contributed by atoms with Crippen molar-refractivity contribution in [1.82, 2.24) is 29.0 Å². The van der Waals surface area contributed by atoms with E-state index in [-0.39, 0.29) is 29.8 Å². The lowest BCUT2D eigenvalue weighted by Gasteiger charge is -2.34. The summed E-state index contributed by atoms with van der Waals surface area (Å²) >= 11 is 0. The van der Waals surface area contributed by atoms with Crippen LogP contribution in [0.3, 0.4) is 0 Å². The molecule has 1 fully saturated rings. The minimum absolute atomic E-state index is 0.0786. The highest BCUT2D eigenvalue weighted by atomic mass is 32.2. The van der Waals surface area contributed by atoms with Gasteiger partial charge in [0.15, 0.2) is 0 Å². The Bertz CT molecular complexity index is 1480. The Morgan fingerprint density at radius 1 is 1.06 bits per heavy atom. The summed E-state index contributed by atoms with van der Waals surface area (Å²) in [5.74, 6) is -0.0460. The number of hydrogen-bond donors (Lipinski definition) is 1. The molecule has 0 atom stereocenters. The van der Waals surface area contributed by atoms with E-state index in [9.17, 15) is 13.2 Å². The molecule has 0 aliphatic carbocycles. The number of nitrogens with zero attached hydrogens (tertiary/aromatic N) is 5. The van der Waals surface area contributed by atoms with Crippen molar-refractivity contribution in [3.63, 3.8) is 0 Å². The minimum Gasteiger partial charge on any atom is -0.345 e. The molecule has 0 spiro atoms. The van der Waals surface area contributed by atoms with Crippen molar-refractivity contribution in [3.8, 4) is 5.69 Å². The maximum atomic E-state index is 13.5. The highest BCUT2D eigenvalue weighted by molar-refractivity contribution is 7.89. The van der Waals surface area contributed by atoms with Crippen LogP contribution >= 0.6 is 0 Å². The molecule has 1 aromatic carbocycles. The number of aromatic nitrogens is 4. The van der Waals surface area contributed by atoms with Crippen molar-refractivity contribution in [2.24, 2.45) is 0 Å². The van der Waals surface area contributed by atoms with Crippen LogP contribution < -0.4 is 0 Å². The van der Waals surface area contributed by atoms with E-state index in [2.05, 4.69) is 15.1 Å². The quantitative estimate of drug-likeness (QED) is 0.460. The lowest BCUT2D eigenvalue weighted by atomic mass is 10.0. The van der Waals surface area contributed by atoms with Crippen LogP contribution in [0, 0.1) is 6.92 Å². The summed E-state index contributed by atoms with van der Waals surface area (Å²) in [6.07, 6.45) is 4.73. The van der Waals surface area contributed by atoms with Crippen LogP contribution in [0.2, 0.25) is 0 Å². The average Bonchev–Trinajstić information content (AvgIpc) is 3.49. The summed E-state index contributed by atoms with van der Waals surface area (Å²) < 4.78 is 29.9. The zero-order chi connectivity index (χ0) is 24.7. The van der Waals surface area contributed by atoms with E-state index in [0.29, 0.717) is 29.7 Å². The van der Waals surface area contributed by atoms with E-state index in [1.165, 1.54) is 10.5 Å². The van der Waals surface area contributed by atoms with Crippen LogP contribution in [0.4, 0.5) is 0 Å². The number of aromatic amines is 1. The Morgan fingerprint density at radius 2 is 1.77 bits per heavy atom. The van der Waals surface area contributed by atoms with Crippen LogP contribution in [-0.2, 0) is 10.0 Å². The monoisotopic (exact) mass is 492 g/mol. The van der Waals surface area contributed by atoms with Crippen molar-refractivity contribution in [3.05, 3.63) is 71.8 Å². The van der Waals surface area contributed by atoms with Gasteiger partial charge in [-0.1, -0.05) is 31.5 Å². The molecule has 0 radical (unpaired) electrons. The first-order valence-corrected chi connectivity index (χ1v) is 13.1.